The number of quaternary nitrogens is 1. The number of rotatable bonds is 13. The van der Waals surface area contributed by atoms with E-state index in [9.17, 15) is 14.7 Å². The van der Waals surface area contributed by atoms with E-state index in [1.165, 1.54) is 25.8 Å². The number of methoxy groups -OCH3 is 3. The summed E-state index contributed by atoms with van der Waals surface area (Å²) < 4.78 is 63.9. The lowest BCUT2D eigenvalue weighted by molar-refractivity contribution is -0.903. The van der Waals surface area contributed by atoms with Crippen LogP contribution in [0.3, 0.4) is 0 Å². The fraction of sp³-hybridized carbons (Fsp3) is 0.804. The zero-order valence-electron chi connectivity index (χ0n) is 44.0. The molecule has 69 heavy (non-hydrogen) atoms. The molecular weight excluding hydrogens is 1030 g/mol. The van der Waals surface area contributed by atoms with Crippen LogP contribution in [0, 0.1) is 29.6 Å². The molecule has 1 N–H and O–H groups in total. The van der Waals surface area contributed by atoms with Gasteiger partial charge >= 0.3 is 17.9 Å². The molecule has 16 nitrogen and oxygen atoms in total. The van der Waals surface area contributed by atoms with Gasteiger partial charge in [-0.25, -0.2) is 0 Å². The SMILES string of the molecule is CC[C@H]1OC(=O)[C@H](C)[C@@H](O[C@H]2C[C@@](C)(OC)[C@@H](OC(C)=O)[C@H](C)O2)[C@H](C)[C@@H](O[C@@H]2O[C@H](C)C[C@H]([N+](C)(C)C)[C@H]2O)[C@](C)(OC)C[C@@H](C)C(=O)[C@H](C)[C@H]2C(SCc3ccc(OC)cc3)C(=O)O[C@@]21C.[I-]. The Kier molecular flexibility index (Phi) is 20.5. The lowest BCUT2D eigenvalue weighted by Crippen LogP contribution is -3.00. The number of aliphatic hydroxyl groups is 1. The number of benzene rings is 1. The Hall–Kier alpha value is -2.14. The van der Waals surface area contributed by atoms with Crippen molar-refractivity contribution in [1.82, 2.24) is 0 Å². The molecular formula is C51H82INO15S. The van der Waals surface area contributed by atoms with Crippen molar-refractivity contribution in [2.75, 3.05) is 42.5 Å². The smallest absolute Gasteiger partial charge is 0.320 e. The highest BCUT2D eigenvalue weighted by molar-refractivity contribution is 7.99. The van der Waals surface area contributed by atoms with Crippen molar-refractivity contribution in [3.05, 3.63) is 29.8 Å². The molecule has 1 aromatic carbocycles. The summed E-state index contributed by atoms with van der Waals surface area (Å²) in [4.78, 5) is 56.6. The lowest BCUT2D eigenvalue weighted by atomic mass is 9.70. The van der Waals surface area contributed by atoms with Crippen LogP contribution >= 0.6 is 11.8 Å². The standard InChI is InChI=1S/C51H82NO15S.HI/c1-18-37-51(11)39(43(47(57)67-51)68-26-34-19-21-35(58-15)22-20-34)29(4)40(54)27(2)24-49(9,59-16)44(66-48-41(55)36(52(12,13)14)23-28(3)61-48)30(5)42(31(6)46(56)64-37)65-38-25-50(10,60-17)45(32(7)62-38)63-33(8)53;/h19-22,27-32,36-39,41-45,48,55H,18,23-26H2,1-17H3;1H/q+1;/p-1/t27-,28-,29-,30+,31-,32+,36+,37-,38+,39+,41-,42+,43?,44-,45+,48+,49-,50-,51-;/m1./s1. The zero-order chi connectivity index (χ0) is 50.8. The van der Waals surface area contributed by atoms with Crippen LogP contribution in [0.4, 0.5) is 0 Å². The van der Waals surface area contributed by atoms with E-state index in [0.717, 1.165) is 5.56 Å². The minimum absolute atomic E-state index is 0. The molecule has 4 heterocycles. The van der Waals surface area contributed by atoms with Crippen molar-refractivity contribution < 1.29 is 100 Å². The van der Waals surface area contributed by atoms with Crippen LogP contribution in [0.25, 0.3) is 0 Å². The fourth-order valence-electron chi connectivity index (χ4n) is 11.5. The van der Waals surface area contributed by atoms with Crippen LogP contribution in [0.1, 0.15) is 107 Å². The number of Topliss-reactive ketones (excluding diaryl/α,β-unsaturated/α-hetero) is 1. The summed E-state index contributed by atoms with van der Waals surface area (Å²) in [6.07, 6.45) is -6.77. The van der Waals surface area contributed by atoms with Crippen LogP contribution in [-0.4, -0.2) is 159 Å². The maximum Gasteiger partial charge on any atom is 0.320 e. The number of esters is 3. The molecule has 0 aliphatic carbocycles. The number of thioether (sulfide) groups is 1. The number of ether oxygens (including phenoxy) is 10. The molecule has 19 atom stereocenters. The third-order valence-corrected chi connectivity index (χ3v) is 16.8. The van der Waals surface area contributed by atoms with Gasteiger partial charge in [0.2, 0.25) is 0 Å². The second-order valence-electron chi connectivity index (χ2n) is 21.4. The van der Waals surface area contributed by atoms with Crippen LogP contribution < -0.4 is 28.7 Å². The Morgan fingerprint density at radius 3 is 2.01 bits per heavy atom. The summed E-state index contributed by atoms with van der Waals surface area (Å²) in [6, 6.07) is 7.33. The highest BCUT2D eigenvalue weighted by Crippen LogP contribution is 2.50. The van der Waals surface area contributed by atoms with Crippen molar-refractivity contribution in [3.8, 4) is 5.75 Å². The van der Waals surface area contributed by atoms with Gasteiger partial charge in [-0.3, -0.25) is 19.2 Å². The van der Waals surface area contributed by atoms with Gasteiger partial charge < -0.3 is 80.9 Å². The Labute approximate surface area is 432 Å². The fourth-order valence-corrected chi connectivity index (χ4v) is 12.9. The van der Waals surface area contributed by atoms with Gasteiger partial charge in [0.15, 0.2) is 30.4 Å². The van der Waals surface area contributed by atoms with Crippen LogP contribution in [0.5, 0.6) is 5.75 Å². The molecule has 5 rings (SSSR count). The summed E-state index contributed by atoms with van der Waals surface area (Å²) >= 11 is 1.40. The Balaban J connectivity index is 0.0000104. The Bertz CT molecular complexity index is 1900. The predicted molar refractivity (Wildman–Crippen MR) is 254 cm³/mol. The van der Waals surface area contributed by atoms with Crippen molar-refractivity contribution in [3.63, 3.8) is 0 Å². The number of likely N-dealkylation sites (N-methyl/N-ethyl adjacent to an activating group) is 1. The van der Waals surface area contributed by atoms with Gasteiger partial charge in [-0.15, -0.1) is 11.8 Å². The highest BCUT2D eigenvalue weighted by atomic mass is 127. The molecule has 18 heteroatoms. The molecule has 0 aromatic heterocycles. The average Bonchev–Trinajstić information content (AvgIpc) is 3.54. The number of fused-ring (bicyclic) bond motifs is 1. The van der Waals surface area contributed by atoms with Crippen LogP contribution in [0.15, 0.2) is 24.3 Å². The zero-order valence-corrected chi connectivity index (χ0v) is 47.0. The molecule has 4 fully saturated rings. The summed E-state index contributed by atoms with van der Waals surface area (Å²) in [5, 5.41) is 11.3. The number of nitrogens with zero attached hydrogens (tertiary/aromatic N) is 1. The monoisotopic (exact) mass is 1110 g/mol. The van der Waals surface area contributed by atoms with E-state index in [1.54, 1.807) is 35.0 Å². The molecule has 394 valence electrons. The maximum absolute atomic E-state index is 15.1. The predicted octanol–water partition coefficient (Wildman–Crippen LogP) is 3.29. The first kappa shape index (κ1) is 59.4. The van der Waals surface area contributed by atoms with E-state index in [4.69, 9.17) is 47.4 Å². The van der Waals surface area contributed by atoms with Gasteiger partial charge in [0.25, 0.3) is 0 Å². The number of halogens is 1. The number of hydrogen-bond donors (Lipinski definition) is 1. The van der Waals surface area contributed by atoms with Gasteiger partial charge in [0.1, 0.15) is 34.5 Å². The number of carbonyl (C=O) groups is 4. The van der Waals surface area contributed by atoms with Gasteiger partial charge in [0, 0.05) is 63.4 Å². The first-order valence-electron chi connectivity index (χ1n) is 24.3. The van der Waals surface area contributed by atoms with Gasteiger partial charge in [-0.05, 0) is 72.1 Å². The van der Waals surface area contributed by atoms with Crippen molar-refractivity contribution in [1.29, 1.82) is 0 Å². The van der Waals surface area contributed by atoms with Crippen LogP contribution in [-0.2, 0) is 67.6 Å². The van der Waals surface area contributed by atoms with Gasteiger partial charge in [-0.2, -0.15) is 0 Å². The molecule has 0 saturated carbocycles. The largest absolute Gasteiger partial charge is 1.00 e. The number of ketones is 1. The van der Waals surface area contributed by atoms with E-state index in [0.29, 0.717) is 22.4 Å². The Morgan fingerprint density at radius 1 is 0.855 bits per heavy atom. The normalized spacial score (nSPS) is 41.4. The van der Waals surface area contributed by atoms with Gasteiger partial charge in [-0.1, -0.05) is 39.8 Å². The van der Waals surface area contributed by atoms with E-state index >= 15 is 9.59 Å². The number of carbonyl (C=O) groups excluding carboxylic acids is 4. The second kappa shape index (κ2) is 23.8. The molecule has 0 spiro atoms. The molecule has 0 bridgehead atoms. The van der Waals surface area contributed by atoms with Crippen molar-refractivity contribution in [2.45, 2.75) is 191 Å². The quantitative estimate of drug-likeness (QED) is 0.132. The van der Waals surface area contributed by atoms with E-state index in [-0.39, 0.29) is 61.2 Å². The molecule has 4 aliphatic rings. The summed E-state index contributed by atoms with van der Waals surface area (Å²) in [6.45, 7) is 19.7. The third kappa shape index (κ3) is 13.0. The Morgan fingerprint density at radius 2 is 1.46 bits per heavy atom. The molecule has 1 aromatic rings. The lowest BCUT2D eigenvalue weighted by Gasteiger charge is -2.50. The molecule has 4 saturated heterocycles. The van der Waals surface area contributed by atoms with Crippen molar-refractivity contribution in [2.24, 2.45) is 29.6 Å². The topological polar surface area (TPSA) is 181 Å². The molecule has 4 aliphatic heterocycles. The second-order valence-corrected chi connectivity index (χ2v) is 22.5. The van der Waals surface area contributed by atoms with Gasteiger partial charge in [0.05, 0.1) is 64.2 Å². The molecule has 0 amide bonds. The van der Waals surface area contributed by atoms with E-state index in [2.05, 4.69) is 0 Å². The maximum atomic E-state index is 15.1. The van der Waals surface area contributed by atoms with Crippen molar-refractivity contribution >= 4 is 35.5 Å². The third-order valence-electron chi connectivity index (χ3n) is 15.4. The first-order valence-corrected chi connectivity index (χ1v) is 25.3. The number of aliphatic hydroxyl groups excluding tert-OH is 1. The first-order chi connectivity index (χ1) is 31.7. The van der Waals surface area contributed by atoms with E-state index in [1.807, 2.05) is 93.9 Å². The highest BCUT2D eigenvalue weighted by Gasteiger charge is 2.62. The number of hydrogen-bond acceptors (Lipinski definition) is 16. The summed E-state index contributed by atoms with van der Waals surface area (Å²) in [7, 11) is 10.7. The number of cyclic esters (lactones) is 1. The minimum atomic E-state index is -1.39. The molecule has 0 radical (unpaired) electrons. The van der Waals surface area contributed by atoms with E-state index < -0.39 is 119 Å². The summed E-state index contributed by atoms with van der Waals surface area (Å²) in [5.74, 6) is -4.42. The molecule has 1 unspecified atom stereocenters. The van der Waals surface area contributed by atoms with Crippen LogP contribution in [0.2, 0.25) is 0 Å². The average molecular weight is 1110 g/mol. The minimum Gasteiger partial charge on any atom is -1.00 e. The summed E-state index contributed by atoms with van der Waals surface area (Å²) in [5.41, 5.74) is -2.76.